The lowest BCUT2D eigenvalue weighted by atomic mass is 9.43. The minimum absolute atomic E-state index is 0.0160. The summed E-state index contributed by atoms with van der Waals surface area (Å²) in [5.74, 6) is -0.857. The van der Waals surface area contributed by atoms with Crippen molar-refractivity contribution in [1.29, 1.82) is 0 Å². The van der Waals surface area contributed by atoms with Gasteiger partial charge in [0.1, 0.15) is 11.7 Å². The molecule has 0 radical (unpaired) electrons. The van der Waals surface area contributed by atoms with Crippen molar-refractivity contribution in [1.82, 2.24) is 0 Å². The first kappa shape index (κ1) is 24.2. The molecule has 7 nitrogen and oxygen atoms in total. The first-order valence-electron chi connectivity index (χ1n) is 11.6. The summed E-state index contributed by atoms with van der Waals surface area (Å²) in [5, 5.41) is 0. The van der Waals surface area contributed by atoms with E-state index < -0.39 is 23.1 Å². The monoisotopic (exact) mass is 446 g/mol. The van der Waals surface area contributed by atoms with Gasteiger partial charge in [-0.05, 0) is 61.7 Å². The molecule has 1 spiro atoms. The summed E-state index contributed by atoms with van der Waals surface area (Å²) in [5.41, 5.74) is -1.68. The van der Waals surface area contributed by atoms with Gasteiger partial charge in [-0.1, -0.05) is 25.8 Å². The first-order chi connectivity index (χ1) is 15.2. The highest BCUT2D eigenvalue weighted by Crippen LogP contribution is 2.73. The van der Waals surface area contributed by atoms with E-state index in [1.165, 1.54) is 21.0 Å². The molecule has 0 aromatic rings. The highest BCUT2D eigenvalue weighted by molar-refractivity contribution is 6.02. The summed E-state index contributed by atoms with van der Waals surface area (Å²) < 4.78 is 15.9. The Labute approximate surface area is 189 Å². The molecule has 0 N–H and O–H groups in total. The number of hydrogen-bond acceptors (Lipinski definition) is 7. The third kappa shape index (κ3) is 4.02. The van der Waals surface area contributed by atoms with Gasteiger partial charge in [-0.2, -0.15) is 0 Å². The van der Waals surface area contributed by atoms with Crippen molar-refractivity contribution >= 4 is 23.7 Å². The average molecular weight is 447 g/mol. The second-order valence-corrected chi connectivity index (χ2v) is 9.17. The zero-order chi connectivity index (χ0) is 23.5. The summed E-state index contributed by atoms with van der Waals surface area (Å²) in [6.45, 7) is 4.85. The third-order valence-electron chi connectivity index (χ3n) is 7.46. The summed E-state index contributed by atoms with van der Waals surface area (Å²) in [7, 11) is 1.32. The molecule has 0 aromatic heterocycles. The van der Waals surface area contributed by atoms with Crippen LogP contribution in [0.25, 0.3) is 0 Å². The molecule has 7 heteroatoms. The summed E-state index contributed by atoms with van der Waals surface area (Å²) in [6, 6.07) is 0. The second kappa shape index (κ2) is 9.59. The lowest BCUT2D eigenvalue weighted by Crippen LogP contribution is -2.65. The Morgan fingerprint density at radius 3 is 2.62 bits per heavy atom. The normalized spacial score (nSPS) is 33.4. The molecule has 0 saturated heterocycles. The van der Waals surface area contributed by atoms with Crippen LogP contribution in [0, 0.1) is 23.2 Å². The molecule has 0 unspecified atom stereocenters. The fourth-order valence-corrected chi connectivity index (χ4v) is 6.35. The van der Waals surface area contributed by atoms with Gasteiger partial charge in [0.15, 0.2) is 5.78 Å². The van der Waals surface area contributed by atoms with E-state index in [0.717, 1.165) is 25.7 Å². The van der Waals surface area contributed by atoms with Gasteiger partial charge in [-0.15, -0.1) is 0 Å². The van der Waals surface area contributed by atoms with Crippen LogP contribution >= 0.6 is 0 Å². The fraction of sp³-hybridized carbons (Fsp3) is 0.680. The van der Waals surface area contributed by atoms with Crippen molar-refractivity contribution in [2.75, 3.05) is 7.11 Å². The lowest BCUT2D eigenvalue weighted by molar-refractivity contribution is -0.193. The average Bonchev–Trinajstić information content (AvgIpc) is 3.16. The first-order valence-corrected chi connectivity index (χ1v) is 11.6. The van der Waals surface area contributed by atoms with E-state index in [2.05, 4.69) is 6.92 Å². The Morgan fingerprint density at radius 1 is 1.25 bits per heavy atom. The van der Waals surface area contributed by atoms with Gasteiger partial charge in [-0.3, -0.25) is 19.2 Å². The van der Waals surface area contributed by atoms with Gasteiger partial charge in [0.25, 0.3) is 0 Å². The van der Waals surface area contributed by atoms with E-state index >= 15 is 0 Å². The SMILES string of the molecule is CCCC[C@@H]1[C@H](/C=C/[C@H](CCC(=O)OC)OC(C)=O)[C@@]23C(=O)C=C[C@]2(OC(C)=O)CC[C@@H]13. The quantitative estimate of drug-likeness (QED) is 0.287. The number of hydrogen-bond donors (Lipinski definition) is 0. The van der Waals surface area contributed by atoms with Crippen LogP contribution < -0.4 is 0 Å². The molecule has 0 amide bonds. The highest BCUT2D eigenvalue weighted by Gasteiger charge is 2.78. The van der Waals surface area contributed by atoms with E-state index in [1.54, 1.807) is 18.2 Å². The van der Waals surface area contributed by atoms with Crippen LogP contribution in [-0.2, 0) is 33.4 Å². The molecule has 0 aliphatic heterocycles. The minimum atomic E-state index is -0.902. The molecule has 3 aliphatic rings. The van der Waals surface area contributed by atoms with Gasteiger partial charge < -0.3 is 14.2 Å². The van der Waals surface area contributed by atoms with Crippen molar-refractivity contribution in [3.8, 4) is 0 Å². The van der Waals surface area contributed by atoms with Gasteiger partial charge in [0.05, 0.1) is 12.5 Å². The molecule has 0 heterocycles. The van der Waals surface area contributed by atoms with E-state index in [-0.39, 0.29) is 36.0 Å². The van der Waals surface area contributed by atoms with E-state index in [1.807, 2.05) is 6.08 Å². The number of ketones is 1. The summed E-state index contributed by atoms with van der Waals surface area (Å²) in [4.78, 5) is 48.4. The molecule has 32 heavy (non-hydrogen) atoms. The van der Waals surface area contributed by atoms with Crippen LogP contribution in [0.2, 0.25) is 0 Å². The van der Waals surface area contributed by atoms with Crippen LogP contribution in [0.4, 0.5) is 0 Å². The molecular formula is C25H34O7. The predicted octanol–water partition coefficient (Wildman–Crippen LogP) is 3.70. The molecule has 3 rings (SSSR count). The van der Waals surface area contributed by atoms with E-state index in [0.29, 0.717) is 18.8 Å². The maximum atomic E-state index is 13.3. The van der Waals surface area contributed by atoms with Crippen LogP contribution in [0.15, 0.2) is 24.3 Å². The van der Waals surface area contributed by atoms with Crippen LogP contribution in [0.1, 0.15) is 65.7 Å². The van der Waals surface area contributed by atoms with Crippen LogP contribution in [0.5, 0.6) is 0 Å². The zero-order valence-corrected chi connectivity index (χ0v) is 19.4. The Hall–Kier alpha value is -2.44. The molecule has 176 valence electrons. The number of esters is 3. The molecule has 6 atom stereocenters. The van der Waals surface area contributed by atoms with Crippen molar-refractivity contribution in [2.45, 2.75) is 77.4 Å². The number of carbonyl (C=O) groups is 4. The van der Waals surface area contributed by atoms with Gasteiger partial charge in [-0.25, -0.2) is 0 Å². The largest absolute Gasteiger partial charge is 0.469 e. The molecular weight excluding hydrogens is 412 g/mol. The van der Waals surface area contributed by atoms with Gasteiger partial charge in [0.2, 0.25) is 0 Å². The Bertz CT molecular complexity index is 828. The number of unbranched alkanes of at least 4 members (excludes halogenated alkanes) is 1. The smallest absolute Gasteiger partial charge is 0.305 e. The molecule has 2 saturated carbocycles. The predicted molar refractivity (Wildman–Crippen MR) is 116 cm³/mol. The summed E-state index contributed by atoms with van der Waals surface area (Å²) >= 11 is 0. The van der Waals surface area contributed by atoms with E-state index in [9.17, 15) is 19.2 Å². The standard InChI is InChI=1S/C25H34O7/c1-5-6-7-19-20(10-8-18(31-16(2)26)9-11-23(29)30-4)25-21(19)12-14-24(25,32-17(3)27)15-13-22(25)28/h8,10,13,15,18-21H,5-7,9,11-12,14H2,1-4H3/b10-8+/t18-,19-,20+,21+,24-,25-/m1/s1. The molecule has 2 fully saturated rings. The molecule has 0 aromatic carbocycles. The van der Waals surface area contributed by atoms with Crippen LogP contribution in [-0.4, -0.2) is 42.5 Å². The number of carbonyl (C=O) groups excluding carboxylic acids is 4. The minimum Gasteiger partial charge on any atom is -0.469 e. The lowest BCUT2D eigenvalue weighted by Gasteiger charge is -2.59. The van der Waals surface area contributed by atoms with Crippen LogP contribution in [0.3, 0.4) is 0 Å². The third-order valence-corrected chi connectivity index (χ3v) is 7.46. The number of allylic oxidation sites excluding steroid dienone is 2. The van der Waals surface area contributed by atoms with Crippen molar-refractivity contribution in [2.24, 2.45) is 23.2 Å². The zero-order valence-electron chi connectivity index (χ0n) is 19.4. The van der Waals surface area contributed by atoms with Crippen molar-refractivity contribution in [3.63, 3.8) is 0 Å². The maximum Gasteiger partial charge on any atom is 0.305 e. The van der Waals surface area contributed by atoms with E-state index in [4.69, 9.17) is 14.2 Å². The molecule has 3 aliphatic carbocycles. The Morgan fingerprint density at radius 2 is 2.00 bits per heavy atom. The highest BCUT2D eigenvalue weighted by atomic mass is 16.6. The number of rotatable bonds is 10. The number of methoxy groups -OCH3 is 1. The molecule has 0 bridgehead atoms. The van der Waals surface area contributed by atoms with Gasteiger partial charge in [0, 0.05) is 20.3 Å². The van der Waals surface area contributed by atoms with Gasteiger partial charge >= 0.3 is 17.9 Å². The maximum absolute atomic E-state index is 13.3. The Balaban J connectivity index is 1.91. The fourth-order valence-electron chi connectivity index (χ4n) is 6.35. The van der Waals surface area contributed by atoms with Crippen molar-refractivity contribution in [3.05, 3.63) is 24.3 Å². The Kier molecular flexibility index (Phi) is 7.25. The summed E-state index contributed by atoms with van der Waals surface area (Å²) in [6.07, 6.45) is 11.5. The number of ether oxygens (including phenoxy) is 3. The second-order valence-electron chi connectivity index (χ2n) is 9.17. The topological polar surface area (TPSA) is 96.0 Å². The van der Waals surface area contributed by atoms with Crippen molar-refractivity contribution < 1.29 is 33.4 Å².